The molecule has 1 N–H and O–H groups in total. The first-order valence-corrected chi connectivity index (χ1v) is 16.9. The van der Waals surface area contributed by atoms with Gasteiger partial charge in [-0.2, -0.15) is 5.26 Å². The van der Waals surface area contributed by atoms with Gasteiger partial charge in [0.1, 0.15) is 29.9 Å². The molecule has 0 bridgehead atoms. The fraction of sp³-hybridized carbons (Fsp3) is 0.559. The minimum Gasteiger partial charge on any atom is -0.487 e. The van der Waals surface area contributed by atoms with Gasteiger partial charge in [0, 0.05) is 50.6 Å². The molecule has 1 atom stereocenters. The highest BCUT2D eigenvalue weighted by Gasteiger charge is 2.29. The Morgan fingerprint density at radius 3 is 2.53 bits per heavy atom. The highest BCUT2D eigenvalue weighted by atomic mass is 16.5. The van der Waals surface area contributed by atoms with Gasteiger partial charge in [0.05, 0.1) is 49.8 Å². The van der Waals surface area contributed by atoms with Gasteiger partial charge in [-0.15, -0.1) is 10.2 Å². The minimum atomic E-state index is -0.309. The van der Waals surface area contributed by atoms with Crippen LogP contribution in [0.3, 0.4) is 0 Å². The minimum absolute atomic E-state index is 0.272. The number of hydrogen-bond acceptors (Lipinski definition) is 13. The van der Waals surface area contributed by atoms with E-state index in [1.807, 2.05) is 43.8 Å². The Balaban J connectivity index is 1.15. The van der Waals surface area contributed by atoms with Crippen molar-refractivity contribution in [1.29, 1.82) is 5.26 Å². The third-order valence-electron chi connectivity index (χ3n) is 9.29. The van der Waals surface area contributed by atoms with E-state index >= 15 is 0 Å². The summed E-state index contributed by atoms with van der Waals surface area (Å²) in [5, 5.41) is 29.1. The number of aromatic nitrogens is 8. The van der Waals surface area contributed by atoms with Crippen LogP contribution in [0.4, 0.5) is 11.6 Å². The van der Waals surface area contributed by atoms with E-state index in [0.717, 1.165) is 63.1 Å². The van der Waals surface area contributed by atoms with Gasteiger partial charge >= 0.3 is 0 Å². The molecule has 1 unspecified atom stereocenters. The lowest BCUT2D eigenvalue weighted by molar-refractivity contribution is 0.00409. The second-order valence-corrected chi connectivity index (χ2v) is 13.2. The van der Waals surface area contributed by atoms with E-state index in [9.17, 15) is 5.26 Å². The molecule has 1 aliphatic heterocycles. The molecule has 0 amide bonds. The van der Waals surface area contributed by atoms with Crippen molar-refractivity contribution in [3.63, 3.8) is 0 Å². The van der Waals surface area contributed by atoms with Crippen molar-refractivity contribution in [2.75, 3.05) is 45.3 Å². The van der Waals surface area contributed by atoms with Crippen LogP contribution in [0, 0.1) is 11.3 Å². The van der Waals surface area contributed by atoms with E-state index in [-0.39, 0.29) is 17.7 Å². The van der Waals surface area contributed by atoms with Crippen LogP contribution in [0.25, 0.3) is 11.1 Å². The molecule has 6 rings (SSSR count). The molecule has 49 heavy (non-hydrogen) atoms. The van der Waals surface area contributed by atoms with E-state index in [1.165, 1.54) is 6.33 Å². The molecule has 15 nitrogen and oxygen atoms in total. The average molecular weight is 672 g/mol. The maximum absolute atomic E-state index is 9.68. The summed E-state index contributed by atoms with van der Waals surface area (Å²) in [7, 11) is 1.71. The first-order valence-electron chi connectivity index (χ1n) is 16.9. The number of nitriles is 1. The van der Waals surface area contributed by atoms with Crippen molar-refractivity contribution in [2.24, 2.45) is 0 Å². The fourth-order valence-corrected chi connectivity index (χ4v) is 6.22. The molecule has 4 aromatic rings. The van der Waals surface area contributed by atoms with Crippen LogP contribution in [0.2, 0.25) is 0 Å². The van der Waals surface area contributed by atoms with Crippen LogP contribution in [0.1, 0.15) is 64.5 Å². The number of nitrogens with one attached hydrogen (secondary N) is 1. The van der Waals surface area contributed by atoms with Gasteiger partial charge in [0.25, 0.3) is 5.88 Å². The first-order chi connectivity index (χ1) is 23.8. The van der Waals surface area contributed by atoms with E-state index in [0.29, 0.717) is 54.4 Å². The molecule has 2 fully saturated rings. The number of rotatable bonds is 14. The SMILES string of the molecule is COC(C)(C)CCOc1nn(C2CCC(N3CCOCC3)CC2)cc1Nc1ncc(-c2ccc(C#N)c(OC(C)Cn3cnnn3)c2)cn1. The fourth-order valence-electron chi connectivity index (χ4n) is 6.22. The van der Waals surface area contributed by atoms with Crippen molar-refractivity contribution < 1.29 is 18.9 Å². The first kappa shape index (κ1) is 34.2. The van der Waals surface area contributed by atoms with Crippen LogP contribution in [-0.4, -0.2) is 103 Å². The summed E-state index contributed by atoms with van der Waals surface area (Å²) in [6, 6.07) is 8.51. The van der Waals surface area contributed by atoms with Crippen LogP contribution in [0.5, 0.6) is 11.6 Å². The predicted octanol–water partition coefficient (Wildman–Crippen LogP) is 4.42. The number of anilines is 2. The molecular formula is C34H45N11O4. The number of benzene rings is 1. The normalized spacial score (nSPS) is 19.2. The van der Waals surface area contributed by atoms with Crippen LogP contribution in [0.15, 0.2) is 43.1 Å². The molecule has 2 aliphatic rings. The highest BCUT2D eigenvalue weighted by Crippen LogP contribution is 2.35. The number of tetrazole rings is 1. The zero-order valence-electron chi connectivity index (χ0n) is 28.7. The Labute approximate surface area is 286 Å². The summed E-state index contributed by atoms with van der Waals surface area (Å²) in [6.45, 7) is 10.5. The third kappa shape index (κ3) is 8.88. The van der Waals surface area contributed by atoms with Crippen LogP contribution < -0.4 is 14.8 Å². The van der Waals surface area contributed by atoms with Crippen molar-refractivity contribution in [3.05, 3.63) is 48.7 Å². The van der Waals surface area contributed by atoms with Crippen LogP contribution >= 0.6 is 0 Å². The molecule has 4 heterocycles. The summed E-state index contributed by atoms with van der Waals surface area (Å²) in [5.41, 5.74) is 2.43. The van der Waals surface area contributed by atoms with Crippen molar-refractivity contribution in [3.8, 4) is 28.8 Å². The summed E-state index contributed by atoms with van der Waals surface area (Å²) in [6.07, 6.45) is 11.8. The van der Waals surface area contributed by atoms with Gasteiger partial charge in [-0.25, -0.2) is 14.6 Å². The monoisotopic (exact) mass is 671 g/mol. The molecule has 0 radical (unpaired) electrons. The molecule has 3 aromatic heterocycles. The number of nitrogens with zero attached hydrogens (tertiary/aromatic N) is 10. The van der Waals surface area contributed by atoms with Gasteiger partial charge in [-0.3, -0.25) is 9.58 Å². The maximum atomic E-state index is 9.68. The quantitative estimate of drug-likeness (QED) is 0.201. The molecule has 15 heteroatoms. The summed E-state index contributed by atoms with van der Waals surface area (Å²) in [4.78, 5) is 11.8. The topological polar surface area (TPSA) is 163 Å². The van der Waals surface area contributed by atoms with Crippen molar-refractivity contribution in [2.45, 2.75) is 83.2 Å². The average Bonchev–Trinajstić information content (AvgIpc) is 3.79. The van der Waals surface area contributed by atoms with Crippen LogP contribution in [-0.2, 0) is 16.0 Å². The van der Waals surface area contributed by atoms with Gasteiger partial charge < -0.3 is 24.3 Å². The molecule has 1 aromatic carbocycles. The molecule has 260 valence electrons. The molecule has 0 spiro atoms. The lowest BCUT2D eigenvalue weighted by Gasteiger charge is -2.38. The highest BCUT2D eigenvalue weighted by molar-refractivity contribution is 5.67. The Bertz CT molecular complexity index is 1670. The van der Waals surface area contributed by atoms with Gasteiger partial charge in [0.2, 0.25) is 5.95 Å². The summed E-state index contributed by atoms with van der Waals surface area (Å²) in [5.74, 6) is 1.40. The maximum Gasteiger partial charge on any atom is 0.256 e. The smallest absolute Gasteiger partial charge is 0.256 e. The number of morpholine rings is 1. The second kappa shape index (κ2) is 15.7. The van der Waals surface area contributed by atoms with Gasteiger partial charge in [-0.05, 0) is 74.6 Å². The second-order valence-electron chi connectivity index (χ2n) is 13.2. The lowest BCUT2D eigenvalue weighted by Crippen LogP contribution is -2.45. The summed E-state index contributed by atoms with van der Waals surface area (Å²) >= 11 is 0. The number of methoxy groups -OCH3 is 1. The Hall–Kier alpha value is -4.65. The Morgan fingerprint density at radius 1 is 1.08 bits per heavy atom. The zero-order valence-corrected chi connectivity index (χ0v) is 28.7. The molecule has 1 saturated carbocycles. The van der Waals surface area contributed by atoms with E-state index in [4.69, 9.17) is 24.0 Å². The molecular weight excluding hydrogens is 626 g/mol. The lowest BCUT2D eigenvalue weighted by atomic mass is 9.90. The van der Waals surface area contributed by atoms with Gasteiger partial charge in [-0.1, -0.05) is 6.07 Å². The Morgan fingerprint density at radius 2 is 1.84 bits per heavy atom. The van der Waals surface area contributed by atoms with Crippen molar-refractivity contribution in [1.82, 2.24) is 44.9 Å². The van der Waals surface area contributed by atoms with Gasteiger partial charge in [0.15, 0.2) is 0 Å². The summed E-state index contributed by atoms with van der Waals surface area (Å²) < 4.78 is 27.1. The molecule has 1 aliphatic carbocycles. The van der Waals surface area contributed by atoms with E-state index in [1.54, 1.807) is 30.3 Å². The zero-order chi connectivity index (χ0) is 34.2. The largest absolute Gasteiger partial charge is 0.487 e. The third-order valence-corrected chi connectivity index (χ3v) is 9.29. The number of ether oxygens (including phenoxy) is 4. The predicted molar refractivity (Wildman–Crippen MR) is 180 cm³/mol. The molecule has 1 saturated heterocycles. The Kier molecular flexibility index (Phi) is 11.0. The standard InChI is InChI=1S/C34H45N11O4/c1-24(21-44-23-38-41-42-44)49-31-17-25(5-6-26(31)18-35)27-19-36-33(37-20-27)39-30-22-45(40-32(30)48-14-11-34(2,3)46-4)29-9-7-28(8-10-29)43-12-15-47-16-13-43/h5-6,17,19-20,22-24,28-29H,7-16,21H2,1-4H3,(H,36,37,39). The van der Waals surface area contributed by atoms with E-state index < -0.39 is 0 Å². The van der Waals surface area contributed by atoms with Crippen molar-refractivity contribution >= 4 is 11.6 Å². The number of hydrogen-bond donors (Lipinski definition) is 1. The van der Waals surface area contributed by atoms with E-state index in [2.05, 4.69) is 41.8 Å².